The van der Waals surface area contributed by atoms with Crippen molar-refractivity contribution in [1.82, 2.24) is 24.7 Å². The van der Waals surface area contributed by atoms with Crippen molar-refractivity contribution in [2.45, 2.75) is 32.1 Å². The second kappa shape index (κ2) is 4.12. The molecule has 2 N–H and O–H groups in total. The van der Waals surface area contributed by atoms with E-state index in [0.29, 0.717) is 0 Å². The van der Waals surface area contributed by atoms with E-state index in [0.717, 1.165) is 24.4 Å². The fraction of sp³-hybridized carbons (Fsp3) is 0.455. The number of fused-ring (bicyclic) bond motifs is 1. The Morgan fingerprint density at radius 3 is 2.76 bits per heavy atom. The maximum atomic E-state index is 5.54. The van der Waals surface area contributed by atoms with Gasteiger partial charge in [0.25, 0.3) is 0 Å². The van der Waals surface area contributed by atoms with Gasteiger partial charge in [-0.2, -0.15) is 0 Å². The Kier molecular flexibility index (Phi) is 2.47. The lowest BCUT2D eigenvalue weighted by Crippen LogP contribution is -2.08. The lowest BCUT2D eigenvalue weighted by Gasteiger charge is -2.09. The van der Waals surface area contributed by atoms with Crippen molar-refractivity contribution in [3.8, 4) is 5.82 Å². The maximum absolute atomic E-state index is 5.54. The molecule has 88 valence electrons. The van der Waals surface area contributed by atoms with Crippen LogP contribution in [0.5, 0.6) is 0 Å². The summed E-state index contributed by atoms with van der Waals surface area (Å²) in [5.74, 6) is 1.09. The summed E-state index contributed by atoms with van der Waals surface area (Å²) in [4.78, 5) is 12.6. The molecule has 6 nitrogen and oxygen atoms in total. The molecule has 17 heavy (non-hydrogen) atoms. The van der Waals surface area contributed by atoms with Crippen LogP contribution >= 0.6 is 0 Å². The Morgan fingerprint density at radius 1 is 1.06 bits per heavy atom. The standard InChI is InChI=1S/C11H14N6/c12-11-15-7-17(16-11)10-8-4-2-1-3-5-9(8)13-6-14-10/h6-7H,1-5H2,(H2,12,16). The maximum Gasteiger partial charge on any atom is 0.239 e. The lowest BCUT2D eigenvalue weighted by molar-refractivity contribution is 0.707. The molecule has 6 heteroatoms. The van der Waals surface area contributed by atoms with E-state index in [1.807, 2.05) is 0 Å². The van der Waals surface area contributed by atoms with Crippen LogP contribution in [-0.4, -0.2) is 24.7 Å². The van der Waals surface area contributed by atoms with Crippen LogP contribution in [0.2, 0.25) is 0 Å². The average molecular weight is 230 g/mol. The summed E-state index contributed by atoms with van der Waals surface area (Å²) >= 11 is 0. The molecular weight excluding hydrogens is 216 g/mol. The van der Waals surface area contributed by atoms with Gasteiger partial charge in [0.15, 0.2) is 5.82 Å². The van der Waals surface area contributed by atoms with Gasteiger partial charge in [0.05, 0.1) is 0 Å². The van der Waals surface area contributed by atoms with Crippen molar-refractivity contribution in [2.24, 2.45) is 0 Å². The van der Waals surface area contributed by atoms with E-state index < -0.39 is 0 Å². The van der Waals surface area contributed by atoms with E-state index in [1.165, 1.54) is 24.8 Å². The van der Waals surface area contributed by atoms with Crippen LogP contribution in [-0.2, 0) is 12.8 Å². The molecule has 2 heterocycles. The Morgan fingerprint density at radius 2 is 1.94 bits per heavy atom. The van der Waals surface area contributed by atoms with Gasteiger partial charge in [0, 0.05) is 11.3 Å². The summed E-state index contributed by atoms with van der Waals surface area (Å²) in [6.45, 7) is 0. The summed E-state index contributed by atoms with van der Waals surface area (Å²) in [5.41, 5.74) is 7.87. The van der Waals surface area contributed by atoms with Gasteiger partial charge in [-0.15, -0.1) is 5.10 Å². The second-order valence-electron chi connectivity index (χ2n) is 4.23. The van der Waals surface area contributed by atoms with E-state index in [1.54, 1.807) is 17.3 Å². The topological polar surface area (TPSA) is 82.5 Å². The number of aromatic nitrogens is 5. The second-order valence-corrected chi connectivity index (χ2v) is 4.23. The summed E-state index contributed by atoms with van der Waals surface area (Å²) in [7, 11) is 0. The Labute approximate surface area is 98.9 Å². The Hall–Kier alpha value is -1.98. The summed E-state index contributed by atoms with van der Waals surface area (Å²) in [5, 5.41) is 4.11. The SMILES string of the molecule is Nc1ncn(-c2ncnc3c2CCCCC3)n1. The van der Waals surface area contributed by atoms with E-state index in [9.17, 15) is 0 Å². The highest BCUT2D eigenvalue weighted by molar-refractivity contribution is 5.37. The van der Waals surface area contributed by atoms with Gasteiger partial charge >= 0.3 is 0 Å². The Bertz CT molecular complexity index is 533. The third-order valence-electron chi connectivity index (χ3n) is 3.08. The first-order valence-corrected chi connectivity index (χ1v) is 5.85. The Balaban J connectivity index is 2.11. The monoisotopic (exact) mass is 230 g/mol. The molecule has 0 spiro atoms. The summed E-state index contributed by atoms with van der Waals surface area (Å²) < 4.78 is 1.64. The van der Waals surface area contributed by atoms with Gasteiger partial charge in [-0.3, -0.25) is 0 Å². The van der Waals surface area contributed by atoms with Crippen LogP contribution in [0.25, 0.3) is 5.82 Å². The fourth-order valence-corrected chi connectivity index (χ4v) is 2.26. The predicted molar refractivity (Wildman–Crippen MR) is 62.6 cm³/mol. The molecule has 1 aliphatic carbocycles. The molecule has 0 unspecified atom stereocenters. The lowest BCUT2D eigenvalue weighted by atomic mass is 10.1. The van der Waals surface area contributed by atoms with Gasteiger partial charge in [0.1, 0.15) is 12.7 Å². The molecule has 2 aromatic rings. The molecule has 0 aliphatic heterocycles. The number of nitrogen functional groups attached to an aromatic ring is 1. The molecule has 3 rings (SSSR count). The number of nitrogens with two attached hydrogens (primary N) is 1. The van der Waals surface area contributed by atoms with Crippen LogP contribution in [0.15, 0.2) is 12.7 Å². The minimum Gasteiger partial charge on any atom is -0.366 e. The third kappa shape index (κ3) is 1.86. The minimum absolute atomic E-state index is 0.269. The number of aryl methyl sites for hydroxylation is 1. The molecule has 0 saturated carbocycles. The molecule has 1 aliphatic rings. The van der Waals surface area contributed by atoms with Gasteiger partial charge in [-0.1, -0.05) is 6.42 Å². The molecular formula is C11H14N6. The quantitative estimate of drug-likeness (QED) is 0.736. The number of rotatable bonds is 1. The first-order chi connectivity index (χ1) is 8.34. The smallest absolute Gasteiger partial charge is 0.239 e. The van der Waals surface area contributed by atoms with Crippen LogP contribution in [0.4, 0.5) is 5.95 Å². The van der Waals surface area contributed by atoms with Crippen molar-refractivity contribution in [1.29, 1.82) is 0 Å². The molecule has 0 amide bonds. The average Bonchev–Trinajstić information content (AvgIpc) is 2.63. The van der Waals surface area contributed by atoms with Crippen LogP contribution in [0.3, 0.4) is 0 Å². The largest absolute Gasteiger partial charge is 0.366 e. The molecule has 0 aromatic carbocycles. The molecule has 2 aromatic heterocycles. The molecule has 0 fully saturated rings. The van der Waals surface area contributed by atoms with E-state index in [4.69, 9.17) is 5.73 Å². The van der Waals surface area contributed by atoms with Crippen LogP contribution in [0, 0.1) is 0 Å². The number of anilines is 1. The molecule has 0 radical (unpaired) electrons. The van der Waals surface area contributed by atoms with Crippen molar-refractivity contribution in [2.75, 3.05) is 5.73 Å². The van der Waals surface area contributed by atoms with Gasteiger partial charge < -0.3 is 5.73 Å². The first-order valence-electron chi connectivity index (χ1n) is 5.85. The third-order valence-corrected chi connectivity index (χ3v) is 3.08. The number of hydrogen-bond donors (Lipinski definition) is 1. The minimum atomic E-state index is 0.269. The molecule has 0 atom stereocenters. The molecule has 0 saturated heterocycles. The number of hydrogen-bond acceptors (Lipinski definition) is 5. The van der Waals surface area contributed by atoms with Gasteiger partial charge in [-0.05, 0) is 25.7 Å². The van der Waals surface area contributed by atoms with Gasteiger partial charge in [-0.25, -0.2) is 19.6 Å². The van der Waals surface area contributed by atoms with Gasteiger partial charge in [0.2, 0.25) is 5.95 Å². The fourth-order valence-electron chi connectivity index (χ4n) is 2.26. The highest BCUT2D eigenvalue weighted by Gasteiger charge is 2.16. The van der Waals surface area contributed by atoms with E-state index in [2.05, 4.69) is 20.1 Å². The van der Waals surface area contributed by atoms with Crippen LogP contribution in [0.1, 0.15) is 30.5 Å². The zero-order valence-corrected chi connectivity index (χ0v) is 9.50. The first kappa shape index (κ1) is 10.2. The summed E-state index contributed by atoms with van der Waals surface area (Å²) in [6.07, 6.45) is 8.84. The normalized spacial score (nSPS) is 15.3. The summed E-state index contributed by atoms with van der Waals surface area (Å²) in [6, 6.07) is 0. The highest BCUT2D eigenvalue weighted by atomic mass is 15.4. The van der Waals surface area contributed by atoms with Crippen molar-refractivity contribution in [3.05, 3.63) is 23.9 Å². The van der Waals surface area contributed by atoms with E-state index in [-0.39, 0.29) is 5.95 Å². The zero-order chi connectivity index (χ0) is 11.7. The molecule has 0 bridgehead atoms. The van der Waals surface area contributed by atoms with Crippen LogP contribution < -0.4 is 5.73 Å². The number of nitrogens with zero attached hydrogens (tertiary/aromatic N) is 5. The zero-order valence-electron chi connectivity index (χ0n) is 9.50. The predicted octanol–water partition coefficient (Wildman–Crippen LogP) is 0.908. The van der Waals surface area contributed by atoms with Crippen molar-refractivity contribution < 1.29 is 0 Å². The van der Waals surface area contributed by atoms with E-state index >= 15 is 0 Å². The van der Waals surface area contributed by atoms with Crippen molar-refractivity contribution in [3.63, 3.8) is 0 Å². The van der Waals surface area contributed by atoms with Crippen molar-refractivity contribution >= 4 is 5.95 Å². The highest BCUT2D eigenvalue weighted by Crippen LogP contribution is 2.22.